The molecule has 3 rings (SSSR count). The quantitative estimate of drug-likeness (QED) is 0.837. The molecule has 1 aliphatic rings. The summed E-state index contributed by atoms with van der Waals surface area (Å²) in [6.07, 6.45) is 3.04. The van der Waals surface area contributed by atoms with Gasteiger partial charge in [-0.2, -0.15) is 0 Å². The molecule has 1 aromatic carbocycles. The van der Waals surface area contributed by atoms with Crippen molar-refractivity contribution in [3.63, 3.8) is 0 Å². The van der Waals surface area contributed by atoms with Gasteiger partial charge in [-0.05, 0) is 68.7 Å². The zero-order valence-electron chi connectivity index (χ0n) is 15.4. The summed E-state index contributed by atoms with van der Waals surface area (Å²) < 4.78 is 4.99. The van der Waals surface area contributed by atoms with Crippen LogP contribution >= 0.6 is 0 Å². The summed E-state index contributed by atoms with van der Waals surface area (Å²) in [5.74, 6) is -0.0440. The maximum absolute atomic E-state index is 12.8. The van der Waals surface area contributed by atoms with Crippen LogP contribution in [0.3, 0.4) is 0 Å². The second kappa shape index (κ2) is 6.54. The second-order valence-corrected chi connectivity index (χ2v) is 7.44. The zero-order chi connectivity index (χ0) is 18.2. The fourth-order valence-electron chi connectivity index (χ4n) is 3.84. The highest BCUT2D eigenvalue weighted by molar-refractivity contribution is 6.01. The van der Waals surface area contributed by atoms with Crippen LogP contribution in [0, 0.1) is 19.8 Å². The molecule has 0 spiro atoms. The Hall–Kier alpha value is -2.30. The van der Waals surface area contributed by atoms with Crippen molar-refractivity contribution in [3.8, 4) is 0 Å². The molecule has 0 saturated heterocycles. The molecule has 1 heterocycles. The van der Waals surface area contributed by atoms with E-state index in [0.717, 1.165) is 34.9 Å². The minimum atomic E-state index is -0.916. The number of esters is 1. The van der Waals surface area contributed by atoms with Crippen molar-refractivity contribution in [1.82, 2.24) is 10.3 Å². The Morgan fingerprint density at radius 2 is 1.88 bits per heavy atom. The first-order valence-corrected chi connectivity index (χ1v) is 8.85. The summed E-state index contributed by atoms with van der Waals surface area (Å²) in [5, 5.41) is 4.00. The molecule has 1 aromatic heterocycles. The molecule has 0 aliphatic heterocycles. The smallest absolute Gasteiger partial charge is 0.331 e. The summed E-state index contributed by atoms with van der Waals surface area (Å²) in [7, 11) is 1.38. The van der Waals surface area contributed by atoms with Crippen LogP contribution in [0.1, 0.15) is 54.2 Å². The maximum atomic E-state index is 12.8. The number of amides is 1. The van der Waals surface area contributed by atoms with E-state index in [1.807, 2.05) is 26.0 Å². The number of nitrogens with one attached hydrogen (secondary N) is 2. The van der Waals surface area contributed by atoms with Gasteiger partial charge in [0.2, 0.25) is 0 Å². The van der Waals surface area contributed by atoms with Crippen LogP contribution in [0.5, 0.6) is 0 Å². The van der Waals surface area contributed by atoms with Gasteiger partial charge in [-0.3, -0.25) is 4.79 Å². The van der Waals surface area contributed by atoms with Gasteiger partial charge in [0.15, 0.2) is 0 Å². The SMILES string of the molecule is COC(=O)C1(NC(=O)c2cc3c(C)cc(C)cc3[nH]2)CCC(C)CC1. The minimum Gasteiger partial charge on any atom is -0.467 e. The number of carbonyl (C=O) groups excluding carboxylic acids is 2. The van der Waals surface area contributed by atoms with E-state index in [-0.39, 0.29) is 11.9 Å². The molecule has 0 atom stereocenters. The standard InChI is InChI=1S/C20H26N2O3/c1-12-5-7-20(8-6-12,19(24)25-4)22-18(23)17-11-15-14(3)9-13(2)10-16(15)21-17/h9-12,21H,5-8H2,1-4H3,(H,22,23). The number of hydrogen-bond donors (Lipinski definition) is 2. The molecular weight excluding hydrogens is 316 g/mol. The van der Waals surface area contributed by atoms with Crippen molar-refractivity contribution in [3.05, 3.63) is 35.0 Å². The Bertz CT molecular complexity index is 814. The third-order valence-corrected chi connectivity index (χ3v) is 5.39. The Labute approximate surface area is 148 Å². The van der Waals surface area contributed by atoms with Crippen molar-refractivity contribution in [2.45, 2.75) is 52.0 Å². The van der Waals surface area contributed by atoms with Crippen LogP contribution in [0.4, 0.5) is 0 Å². The lowest BCUT2D eigenvalue weighted by Gasteiger charge is -2.37. The van der Waals surface area contributed by atoms with Crippen LogP contribution < -0.4 is 5.32 Å². The summed E-state index contributed by atoms with van der Waals surface area (Å²) >= 11 is 0. The summed E-state index contributed by atoms with van der Waals surface area (Å²) in [5.41, 5.74) is 2.77. The number of fused-ring (bicyclic) bond motifs is 1. The minimum absolute atomic E-state index is 0.256. The van der Waals surface area contributed by atoms with E-state index in [1.165, 1.54) is 7.11 Å². The number of aromatic amines is 1. The van der Waals surface area contributed by atoms with E-state index in [2.05, 4.69) is 23.3 Å². The number of benzene rings is 1. The third-order valence-electron chi connectivity index (χ3n) is 5.39. The number of ether oxygens (including phenoxy) is 1. The second-order valence-electron chi connectivity index (χ2n) is 7.44. The molecule has 1 saturated carbocycles. The Kier molecular flexibility index (Phi) is 4.58. The molecule has 1 amide bonds. The molecule has 0 unspecified atom stereocenters. The van der Waals surface area contributed by atoms with Gasteiger partial charge in [0.05, 0.1) is 7.11 Å². The van der Waals surface area contributed by atoms with Gasteiger partial charge in [0.1, 0.15) is 11.2 Å². The van der Waals surface area contributed by atoms with Gasteiger partial charge in [-0.25, -0.2) is 4.79 Å². The Balaban J connectivity index is 1.89. The normalized spacial score (nSPS) is 23.4. The zero-order valence-corrected chi connectivity index (χ0v) is 15.4. The number of aromatic nitrogens is 1. The van der Waals surface area contributed by atoms with Crippen molar-refractivity contribution in [2.24, 2.45) is 5.92 Å². The number of H-pyrrole nitrogens is 1. The van der Waals surface area contributed by atoms with E-state index in [1.54, 1.807) is 0 Å². The number of rotatable bonds is 3. The van der Waals surface area contributed by atoms with Crippen LogP contribution in [-0.2, 0) is 9.53 Å². The summed E-state index contributed by atoms with van der Waals surface area (Å²) in [6, 6.07) is 5.98. The van der Waals surface area contributed by atoms with E-state index in [4.69, 9.17) is 4.74 Å². The van der Waals surface area contributed by atoms with Crippen LogP contribution in [-0.4, -0.2) is 29.5 Å². The highest BCUT2D eigenvalue weighted by Gasteiger charge is 2.43. The highest BCUT2D eigenvalue weighted by Crippen LogP contribution is 2.33. The first kappa shape index (κ1) is 17.5. The molecule has 0 bridgehead atoms. The lowest BCUT2D eigenvalue weighted by Crippen LogP contribution is -2.56. The average Bonchev–Trinajstić information content (AvgIpc) is 3.01. The fraction of sp³-hybridized carbons (Fsp3) is 0.500. The highest BCUT2D eigenvalue weighted by atomic mass is 16.5. The molecule has 0 radical (unpaired) electrons. The van der Waals surface area contributed by atoms with Gasteiger partial charge in [0.25, 0.3) is 5.91 Å². The summed E-state index contributed by atoms with van der Waals surface area (Å²) in [6.45, 7) is 6.23. The molecule has 2 N–H and O–H groups in total. The summed E-state index contributed by atoms with van der Waals surface area (Å²) in [4.78, 5) is 28.4. The number of methoxy groups -OCH3 is 1. The van der Waals surface area contributed by atoms with Gasteiger partial charge >= 0.3 is 5.97 Å². The van der Waals surface area contributed by atoms with Gasteiger partial charge in [-0.15, -0.1) is 0 Å². The third kappa shape index (κ3) is 3.28. The molecule has 25 heavy (non-hydrogen) atoms. The van der Waals surface area contributed by atoms with Gasteiger partial charge in [-0.1, -0.05) is 13.0 Å². The Morgan fingerprint density at radius 1 is 1.20 bits per heavy atom. The first-order valence-electron chi connectivity index (χ1n) is 8.85. The number of hydrogen-bond acceptors (Lipinski definition) is 3. The molecular formula is C20H26N2O3. The van der Waals surface area contributed by atoms with E-state index in [9.17, 15) is 9.59 Å². The predicted octanol–water partition coefficient (Wildman–Crippen LogP) is 3.64. The molecule has 5 nitrogen and oxygen atoms in total. The lowest BCUT2D eigenvalue weighted by atomic mass is 9.77. The molecule has 2 aromatic rings. The molecule has 1 fully saturated rings. The van der Waals surface area contributed by atoms with Gasteiger partial charge in [0, 0.05) is 10.9 Å². The fourth-order valence-corrected chi connectivity index (χ4v) is 3.84. The van der Waals surface area contributed by atoms with Crippen LogP contribution in [0.15, 0.2) is 18.2 Å². The Morgan fingerprint density at radius 3 is 2.52 bits per heavy atom. The number of aryl methyl sites for hydroxylation is 2. The van der Waals surface area contributed by atoms with Crippen LogP contribution in [0.2, 0.25) is 0 Å². The molecule has 134 valence electrons. The largest absolute Gasteiger partial charge is 0.467 e. The van der Waals surface area contributed by atoms with Crippen molar-refractivity contribution in [2.75, 3.05) is 7.11 Å². The van der Waals surface area contributed by atoms with Crippen molar-refractivity contribution in [1.29, 1.82) is 0 Å². The van der Waals surface area contributed by atoms with Crippen molar-refractivity contribution < 1.29 is 14.3 Å². The van der Waals surface area contributed by atoms with E-state index >= 15 is 0 Å². The molecule has 5 heteroatoms. The molecule has 1 aliphatic carbocycles. The van der Waals surface area contributed by atoms with Crippen molar-refractivity contribution >= 4 is 22.8 Å². The lowest BCUT2D eigenvalue weighted by molar-refractivity contribution is -0.150. The van der Waals surface area contributed by atoms with Crippen LogP contribution in [0.25, 0.3) is 10.9 Å². The van der Waals surface area contributed by atoms with E-state index < -0.39 is 5.54 Å². The van der Waals surface area contributed by atoms with Gasteiger partial charge < -0.3 is 15.0 Å². The first-order chi connectivity index (χ1) is 11.8. The monoisotopic (exact) mass is 342 g/mol. The predicted molar refractivity (Wildman–Crippen MR) is 97.6 cm³/mol. The number of carbonyl (C=O) groups is 2. The maximum Gasteiger partial charge on any atom is 0.331 e. The topological polar surface area (TPSA) is 71.2 Å². The average molecular weight is 342 g/mol. The van der Waals surface area contributed by atoms with E-state index in [0.29, 0.717) is 24.5 Å².